The van der Waals surface area contributed by atoms with Gasteiger partial charge in [0.25, 0.3) is 5.56 Å². The van der Waals surface area contributed by atoms with Crippen molar-refractivity contribution in [3.63, 3.8) is 0 Å². The third-order valence-corrected chi connectivity index (χ3v) is 4.09. The first kappa shape index (κ1) is 14.2. The first-order valence-corrected chi connectivity index (χ1v) is 7.57. The Morgan fingerprint density at radius 1 is 1.24 bits per heavy atom. The molecule has 1 N–H and O–H groups in total. The molecule has 0 fully saturated rings. The molecule has 0 aliphatic rings. The van der Waals surface area contributed by atoms with Crippen molar-refractivity contribution < 1.29 is 0 Å². The molecule has 3 rings (SSSR count). The van der Waals surface area contributed by atoms with Crippen molar-refractivity contribution in [3.8, 4) is 5.69 Å². The summed E-state index contributed by atoms with van der Waals surface area (Å²) in [4.78, 5) is 20.2. The number of H-pyrrole nitrogens is 1. The summed E-state index contributed by atoms with van der Waals surface area (Å²) in [6.07, 6.45) is 0. The van der Waals surface area contributed by atoms with Gasteiger partial charge >= 0.3 is 0 Å². The molecule has 3 aromatic rings. The van der Waals surface area contributed by atoms with Crippen LogP contribution in [-0.4, -0.2) is 14.5 Å². The van der Waals surface area contributed by atoms with E-state index in [1.54, 1.807) is 0 Å². The van der Waals surface area contributed by atoms with Crippen molar-refractivity contribution >= 4 is 39.2 Å². The quantitative estimate of drug-likeness (QED) is 0.670. The number of hydrogen-bond donors (Lipinski definition) is 1. The van der Waals surface area contributed by atoms with Crippen molar-refractivity contribution in [1.82, 2.24) is 14.5 Å². The molecule has 4 nitrogen and oxygen atoms in total. The Balaban J connectivity index is 2.42. The number of halogens is 1. The number of aromatic nitrogens is 3. The lowest BCUT2D eigenvalue weighted by Gasteiger charge is -2.09. The number of pyridine rings is 1. The predicted octanol–water partition coefficient (Wildman–Crippen LogP) is 3.82. The summed E-state index contributed by atoms with van der Waals surface area (Å²) in [5.74, 6) is 0. The minimum absolute atomic E-state index is 0.152. The molecular weight excluding hydrogens is 350 g/mol. The fourth-order valence-electron chi connectivity index (χ4n) is 2.38. The summed E-state index contributed by atoms with van der Waals surface area (Å²) in [5, 5.41) is 0.567. The van der Waals surface area contributed by atoms with Gasteiger partial charge in [-0.05, 0) is 62.0 Å². The maximum Gasteiger partial charge on any atom is 0.268 e. The maximum atomic E-state index is 12.8. The zero-order valence-corrected chi connectivity index (χ0v) is 13.9. The van der Waals surface area contributed by atoms with Crippen LogP contribution in [0.25, 0.3) is 16.7 Å². The van der Waals surface area contributed by atoms with Crippen molar-refractivity contribution in [3.05, 3.63) is 61.2 Å². The van der Waals surface area contributed by atoms with E-state index in [9.17, 15) is 4.79 Å². The third kappa shape index (κ3) is 2.45. The number of aromatic amines is 1. The number of benzene rings is 1. The average Bonchev–Trinajstić information content (AvgIpc) is 2.39. The van der Waals surface area contributed by atoms with Gasteiger partial charge in [0.05, 0.1) is 11.1 Å². The Hall–Kier alpha value is -1.79. The summed E-state index contributed by atoms with van der Waals surface area (Å²) in [7, 11) is 0. The molecule has 0 aliphatic heterocycles. The van der Waals surface area contributed by atoms with E-state index in [1.807, 2.05) is 44.2 Å². The fourth-order valence-corrected chi connectivity index (χ4v) is 2.93. The van der Waals surface area contributed by atoms with Crippen molar-refractivity contribution in [1.29, 1.82) is 0 Å². The van der Waals surface area contributed by atoms with Gasteiger partial charge in [0.2, 0.25) is 0 Å². The van der Waals surface area contributed by atoms with Crippen LogP contribution in [0, 0.1) is 18.6 Å². The molecule has 2 heterocycles. The number of fused-ring (bicyclic) bond motifs is 1. The lowest BCUT2D eigenvalue weighted by atomic mass is 10.2. The molecule has 0 unspecified atom stereocenters. The van der Waals surface area contributed by atoms with E-state index in [0.717, 1.165) is 21.4 Å². The zero-order valence-electron chi connectivity index (χ0n) is 11.5. The van der Waals surface area contributed by atoms with E-state index in [0.29, 0.717) is 15.8 Å². The summed E-state index contributed by atoms with van der Waals surface area (Å²) in [6, 6.07) is 9.34. The van der Waals surface area contributed by atoms with Crippen LogP contribution < -0.4 is 5.56 Å². The smallest absolute Gasteiger partial charge is 0.268 e. The molecule has 6 heteroatoms. The van der Waals surface area contributed by atoms with Gasteiger partial charge in [-0.3, -0.25) is 9.36 Å². The van der Waals surface area contributed by atoms with Crippen molar-refractivity contribution in [2.75, 3.05) is 0 Å². The monoisotopic (exact) mass is 361 g/mol. The van der Waals surface area contributed by atoms with Crippen LogP contribution in [0.1, 0.15) is 11.3 Å². The number of nitrogens with zero attached hydrogens (tertiary/aromatic N) is 2. The second kappa shape index (κ2) is 5.20. The average molecular weight is 362 g/mol. The number of rotatable bonds is 1. The molecule has 0 aliphatic carbocycles. The molecule has 21 heavy (non-hydrogen) atoms. The second-order valence-corrected chi connectivity index (χ2v) is 6.15. The summed E-state index contributed by atoms with van der Waals surface area (Å²) < 4.78 is 2.78. The van der Waals surface area contributed by atoms with Gasteiger partial charge < -0.3 is 4.98 Å². The van der Waals surface area contributed by atoms with Gasteiger partial charge in [-0.2, -0.15) is 0 Å². The van der Waals surface area contributed by atoms with Crippen LogP contribution >= 0.6 is 28.1 Å². The molecule has 1 aromatic carbocycles. The van der Waals surface area contributed by atoms with E-state index in [-0.39, 0.29) is 5.56 Å². The van der Waals surface area contributed by atoms with Gasteiger partial charge in [0.15, 0.2) is 4.77 Å². The Labute approximate surface area is 134 Å². The molecule has 0 amide bonds. The van der Waals surface area contributed by atoms with Gasteiger partial charge in [-0.15, -0.1) is 0 Å². The van der Waals surface area contributed by atoms with Gasteiger partial charge in [-0.1, -0.05) is 15.9 Å². The Bertz CT molecular complexity index is 958. The van der Waals surface area contributed by atoms with Crippen LogP contribution in [0.2, 0.25) is 0 Å². The topological polar surface area (TPSA) is 50.7 Å². The van der Waals surface area contributed by atoms with Crippen molar-refractivity contribution in [2.24, 2.45) is 0 Å². The highest BCUT2D eigenvalue weighted by Gasteiger charge is 2.11. The van der Waals surface area contributed by atoms with Gasteiger partial charge in [0.1, 0.15) is 5.65 Å². The van der Waals surface area contributed by atoms with Crippen LogP contribution in [0.4, 0.5) is 0 Å². The standard InChI is InChI=1S/C15H12BrN3OS/c1-8-7-9(2)17-13-12(8)14(20)19(15(21)18-13)11-5-3-10(16)4-6-11/h3-7H,1-2H3,(H,17,18,21). The van der Waals surface area contributed by atoms with Crippen LogP contribution in [-0.2, 0) is 0 Å². The molecule has 0 saturated heterocycles. The lowest BCUT2D eigenvalue weighted by Crippen LogP contribution is -2.21. The van der Waals surface area contributed by atoms with E-state index >= 15 is 0 Å². The predicted molar refractivity (Wildman–Crippen MR) is 89.7 cm³/mol. The lowest BCUT2D eigenvalue weighted by molar-refractivity contribution is 0.929. The number of hydrogen-bond acceptors (Lipinski definition) is 3. The van der Waals surface area contributed by atoms with E-state index in [4.69, 9.17) is 12.2 Å². The molecular formula is C15H12BrN3OS. The summed E-state index contributed by atoms with van der Waals surface area (Å²) in [5.41, 5.74) is 2.86. The van der Waals surface area contributed by atoms with E-state index in [2.05, 4.69) is 25.9 Å². The zero-order chi connectivity index (χ0) is 15.1. The highest BCUT2D eigenvalue weighted by Crippen LogP contribution is 2.16. The van der Waals surface area contributed by atoms with Crippen molar-refractivity contribution in [2.45, 2.75) is 13.8 Å². The number of aryl methyl sites for hydroxylation is 2. The molecule has 106 valence electrons. The molecule has 0 atom stereocenters. The Kier molecular flexibility index (Phi) is 3.51. The minimum atomic E-state index is -0.152. The Morgan fingerprint density at radius 3 is 2.57 bits per heavy atom. The second-order valence-electron chi connectivity index (χ2n) is 4.85. The molecule has 0 spiro atoms. The first-order chi connectivity index (χ1) is 9.97. The highest BCUT2D eigenvalue weighted by atomic mass is 79.9. The molecule has 0 bridgehead atoms. The maximum absolute atomic E-state index is 12.8. The van der Waals surface area contributed by atoms with Crippen LogP contribution in [0.15, 0.2) is 39.6 Å². The SMILES string of the molecule is Cc1cc(C)c2c(=O)n(-c3ccc(Br)cc3)c(=S)[nH]c2n1. The normalized spacial score (nSPS) is 11.0. The summed E-state index contributed by atoms with van der Waals surface area (Å²) in [6.45, 7) is 3.80. The molecule has 2 aromatic heterocycles. The largest absolute Gasteiger partial charge is 0.316 e. The fraction of sp³-hybridized carbons (Fsp3) is 0.133. The van der Waals surface area contributed by atoms with Gasteiger partial charge in [-0.25, -0.2) is 4.98 Å². The molecule has 0 radical (unpaired) electrons. The summed E-state index contributed by atoms with van der Waals surface area (Å²) >= 11 is 8.71. The minimum Gasteiger partial charge on any atom is -0.316 e. The van der Waals surface area contributed by atoms with E-state index in [1.165, 1.54) is 4.57 Å². The van der Waals surface area contributed by atoms with Crippen LogP contribution in [0.5, 0.6) is 0 Å². The van der Waals surface area contributed by atoms with Gasteiger partial charge in [0, 0.05) is 10.2 Å². The molecule has 0 saturated carbocycles. The highest BCUT2D eigenvalue weighted by molar-refractivity contribution is 9.10. The Morgan fingerprint density at radius 2 is 1.90 bits per heavy atom. The third-order valence-electron chi connectivity index (χ3n) is 3.27. The number of nitrogens with one attached hydrogen (secondary N) is 1. The first-order valence-electron chi connectivity index (χ1n) is 6.36. The van der Waals surface area contributed by atoms with E-state index < -0.39 is 0 Å². The van der Waals surface area contributed by atoms with Crippen LogP contribution in [0.3, 0.4) is 0 Å².